The standard InChI is InChI=1S/C14H12N4O3S/c19-12(20)5-11-13(21)17-14(22-11)18-16-7-8-6-15-10-4-2-1-3-9(8)10/h1-4,6-7,11,15H,5H2,(H,19,20)(H,17,18,21)/b16-7+/t11-/m1/s1. The lowest BCUT2D eigenvalue weighted by atomic mass is 10.2. The Kier molecular flexibility index (Phi) is 3.92. The van der Waals surface area contributed by atoms with Crippen LogP contribution in [0.5, 0.6) is 0 Å². The molecular weight excluding hydrogens is 304 g/mol. The molecule has 3 rings (SSSR count). The number of carboxylic acid groups (broad SMARTS) is 1. The Morgan fingerprint density at radius 3 is 3.05 bits per heavy atom. The van der Waals surface area contributed by atoms with Gasteiger partial charge in [0.15, 0.2) is 5.17 Å². The van der Waals surface area contributed by atoms with Crippen molar-refractivity contribution in [3.8, 4) is 0 Å². The second kappa shape index (κ2) is 6.02. The van der Waals surface area contributed by atoms with Crippen molar-refractivity contribution in [2.75, 3.05) is 0 Å². The molecule has 1 aliphatic heterocycles. The number of rotatable bonds is 4. The summed E-state index contributed by atoms with van der Waals surface area (Å²) < 4.78 is 0. The Hall–Kier alpha value is -2.61. The second-order valence-corrected chi connectivity index (χ2v) is 5.82. The quantitative estimate of drug-likeness (QED) is 0.588. The summed E-state index contributed by atoms with van der Waals surface area (Å²) in [6.45, 7) is 0. The number of aliphatic carboxylic acids is 1. The summed E-state index contributed by atoms with van der Waals surface area (Å²) in [5, 5.41) is 19.8. The van der Waals surface area contributed by atoms with Crippen LogP contribution in [0.2, 0.25) is 0 Å². The molecule has 0 saturated carbocycles. The van der Waals surface area contributed by atoms with Gasteiger partial charge in [0.2, 0.25) is 5.91 Å². The first-order valence-electron chi connectivity index (χ1n) is 6.50. The van der Waals surface area contributed by atoms with Gasteiger partial charge in [0.1, 0.15) is 5.25 Å². The second-order valence-electron chi connectivity index (χ2n) is 4.63. The van der Waals surface area contributed by atoms with Crippen molar-refractivity contribution in [3.05, 3.63) is 36.0 Å². The third-order valence-corrected chi connectivity index (χ3v) is 4.18. The molecule has 112 valence electrons. The number of hydrogen-bond acceptors (Lipinski definition) is 5. The van der Waals surface area contributed by atoms with Crippen LogP contribution in [0, 0.1) is 0 Å². The van der Waals surface area contributed by atoms with E-state index >= 15 is 0 Å². The van der Waals surface area contributed by atoms with Gasteiger partial charge in [0.05, 0.1) is 12.6 Å². The maximum atomic E-state index is 11.6. The number of hydrogen-bond donors (Lipinski definition) is 3. The molecule has 0 aliphatic carbocycles. The smallest absolute Gasteiger partial charge is 0.305 e. The molecule has 8 heteroatoms. The van der Waals surface area contributed by atoms with Gasteiger partial charge in [-0.2, -0.15) is 5.10 Å². The summed E-state index contributed by atoms with van der Waals surface area (Å²) in [7, 11) is 0. The largest absolute Gasteiger partial charge is 0.481 e. The SMILES string of the molecule is O=C(O)C[C@H]1S/C(=N/N=C/c2c[nH]c3ccccc23)NC1=O. The maximum absolute atomic E-state index is 11.6. The average Bonchev–Trinajstić information content (AvgIpc) is 3.04. The zero-order valence-corrected chi connectivity index (χ0v) is 12.1. The molecule has 22 heavy (non-hydrogen) atoms. The summed E-state index contributed by atoms with van der Waals surface area (Å²) in [5.41, 5.74) is 1.89. The lowest BCUT2D eigenvalue weighted by Crippen LogP contribution is -2.26. The number of aromatic nitrogens is 1. The maximum Gasteiger partial charge on any atom is 0.305 e. The third-order valence-electron chi connectivity index (χ3n) is 3.10. The van der Waals surface area contributed by atoms with Gasteiger partial charge >= 0.3 is 5.97 Å². The predicted molar refractivity (Wildman–Crippen MR) is 85.1 cm³/mol. The minimum atomic E-state index is -1.02. The summed E-state index contributed by atoms with van der Waals surface area (Å²) in [4.78, 5) is 25.3. The number of aromatic amines is 1. The molecule has 3 N–H and O–H groups in total. The van der Waals surface area contributed by atoms with Crippen LogP contribution >= 0.6 is 11.8 Å². The van der Waals surface area contributed by atoms with Gasteiger partial charge in [0, 0.05) is 22.7 Å². The Morgan fingerprint density at radius 2 is 2.23 bits per heavy atom. The fourth-order valence-corrected chi connectivity index (χ4v) is 3.00. The molecule has 1 amide bonds. The Morgan fingerprint density at radius 1 is 1.41 bits per heavy atom. The highest BCUT2D eigenvalue weighted by Crippen LogP contribution is 2.22. The number of nitrogens with one attached hydrogen (secondary N) is 2. The van der Waals surface area contributed by atoms with Gasteiger partial charge in [-0.15, -0.1) is 5.10 Å². The molecule has 1 fully saturated rings. The number of para-hydroxylation sites is 1. The number of benzene rings is 1. The molecule has 1 atom stereocenters. The molecule has 0 radical (unpaired) electrons. The molecule has 0 bridgehead atoms. The van der Waals surface area contributed by atoms with Crippen molar-refractivity contribution in [2.45, 2.75) is 11.7 Å². The van der Waals surface area contributed by atoms with Crippen molar-refractivity contribution in [1.82, 2.24) is 10.3 Å². The average molecular weight is 316 g/mol. The van der Waals surface area contributed by atoms with E-state index in [0.717, 1.165) is 28.2 Å². The fourth-order valence-electron chi connectivity index (χ4n) is 2.09. The van der Waals surface area contributed by atoms with Crippen LogP contribution in [0.1, 0.15) is 12.0 Å². The molecular formula is C14H12N4O3S. The highest BCUT2D eigenvalue weighted by atomic mass is 32.2. The van der Waals surface area contributed by atoms with Crippen LogP contribution in [0.15, 0.2) is 40.7 Å². The Labute approximate surface area is 129 Å². The van der Waals surface area contributed by atoms with Gasteiger partial charge in [-0.3, -0.25) is 9.59 Å². The first-order valence-corrected chi connectivity index (χ1v) is 7.38. The van der Waals surface area contributed by atoms with Crippen LogP contribution in [0.25, 0.3) is 10.9 Å². The Bertz CT molecular complexity index is 796. The lowest BCUT2D eigenvalue weighted by Gasteiger charge is -1.97. The number of thioether (sulfide) groups is 1. The summed E-state index contributed by atoms with van der Waals surface area (Å²) in [5.74, 6) is -1.37. The van der Waals surface area contributed by atoms with E-state index in [1.807, 2.05) is 30.5 Å². The topological polar surface area (TPSA) is 107 Å². The van der Waals surface area contributed by atoms with E-state index in [0.29, 0.717) is 5.17 Å². The van der Waals surface area contributed by atoms with Gasteiger partial charge < -0.3 is 15.4 Å². The number of carboxylic acids is 1. The molecule has 1 aromatic heterocycles. The van der Waals surface area contributed by atoms with E-state index in [9.17, 15) is 9.59 Å². The minimum Gasteiger partial charge on any atom is -0.481 e. The van der Waals surface area contributed by atoms with Crippen LogP contribution in [0.4, 0.5) is 0 Å². The van der Waals surface area contributed by atoms with Crippen LogP contribution in [0.3, 0.4) is 0 Å². The number of carbonyl (C=O) groups is 2. The van der Waals surface area contributed by atoms with Gasteiger partial charge in [-0.25, -0.2) is 0 Å². The molecule has 2 heterocycles. The predicted octanol–water partition coefficient (Wildman–Crippen LogP) is 1.56. The number of fused-ring (bicyclic) bond motifs is 1. The highest BCUT2D eigenvalue weighted by molar-refractivity contribution is 8.15. The van der Waals surface area contributed by atoms with Gasteiger partial charge in [0.25, 0.3) is 0 Å². The number of amidine groups is 1. The van der Waals surface area contributed by atoms with Crippen molar-refractivity contribution in [1.29, 1.82) is 0 Å². The molecule has 1 saturated heterocycles. The molecule has 1 aliphatic rings. The van der Waals surface area contributed by atoms with Crippen molar-refractivity contribution >= 4 is 45.9 Å². The first kappa shape index (κ1) is 14.3. The van der Waals surface area contributed by atoms with Crippen LogP contribution in [-0.4, -0.2) is 38.6 Å². The van der Waals surface area contributed by atoms with E-state index in [2.05, 4.69) is 20.5 Å². The number of H-pyrrole nitrogens is 1. The van der Waals surface area contributed by atoms with E-state index in [4.69, 9.17) is 5.11 Å². The summed E-state index contributed by atoms with van der Waals surface area (Å²) in [6.07, 6.45) is 3.17. The zero-order chi connectivity index (χ0) is 15.5. The number of nitrogens with zero attached hydrogens (tertiary/aromatic N) is 2. The summed E-state index contributed by atoms with van der Waals surface area (Å²) >= 11 is 1.07. The van der Waals surface area contributed by atoms with Crippen molar-refractivity contribution in [3.63, 3.8) is 0 Å². The first-order chi connectivity index (χ1) is 10.6. The van der Waals surface area contributed by atoms with E-state index in [1.165, 1.54) is 0 Å². The molecule has 1 aromatic carbocycles. The highest BCUT2D eigenvalue weighted by Gasteiger charge is 2.32. The molecule has 2 aromatic rings. The van der Waals surface area contributed by atoms with Crippen molar-refractivity contribution < 1.29 is 14.7 Å². The van der Waals surface area contributed by atoms with Gasteiger partial charge in [-0.05, 0) is 6.07 Å². The third kappa shape index (κ3) is 3.01. The van der Waals surface area contributed by atoms with Gasteiger partial charge in [-0.1, -0.05) is 30.0 Å². The van der Waals surface area contributed by atoms with E-state index in [1.54, 1.807) is 6.21 Å². The molecule has 7 nitrogen and oxygen atoms in total. The minimum absolute atomic E-state index is 0.234. The fraction of sp³-hybridized carbons (Fsp3) is 0.143. The monoisotopic (exact) mass is 316 g/mol. The number of carbonyl (C=O) groups excluding carboxylic acids is 1. The van der Waals surface area contributed by atoms with Crippen molar-refractivity contribution in [2.24, 2.45) is 10.2 Å². The number of amides is 1. The summed E-state index contributed by atoms with van der Waals surface area (Å²) in [6, 6.07) is 7.80. The molecule has 0 unspecified atom stereocenters. The lowest BCUT2D eigenvalue weighted by molar-refractivity contribution is -0.138. The van der Waals surface area contributed by atoms with Crippen LogP contribution < -0.4 is 5.32 Å². The normalized spacial score (nSPS) is 20.1. The van der Waals surface area contributed by atoms with Crippen LogP contribution in [-0.2, 0) is 9.59 Å². The van der Waals surface area contributed by atoms with E-state index < -0.39 is 11.2 Å². The van der Waals surface area contributed by atoms with E-state index in [-0.39, 0.29) is 12.3 Å². The zero-order valence-electron chi connectivity index (χ0n) is 11.3. The molecule has 0 spiro atoms. The Balaban J connectivity index is 1.72.